The van der Waals surface area contributed by atoms with Crippen LogP contribution >= 0.6 is 0 Å². The fourth-order valence-electron chi connectivity index (χ4n) is 2.91. The molecular formula is C9H18N2O2S. The largest absolute Gasteiger partial charge is 0.305 e. The van der Waals surface area contributed by atoms with Gasteiger partial charge in [0.25, 0.3) is 0 Å². The van der Waals surface area contributed by atoms with Crippen molar-refractivity contribution in [1.82, 2.24) is 10.2 Å². The number of hydrogen-bond acceptors (Lipinski definition) is 4. The molecule has 0 unspecified atom stereocenters. The third-order valence-electron chi connectivity index (χ3n) is 3.12. The van der Waals surface area contributed by atoms with Crippen molar-refractivity contribution in [2.24, 2.45) is 0 Å². The SMILES string of the molecule is CN1C[C@H]2CC[C@@](CS(C)(=O)=O)(C1)N2. The van der Waals surface area contributed by atoms with E-state index in [2.05, 4.69) is 17.3 Å². The van der Waals surface area contributed by atoms with Crippen molar-refractivity contribution in [3.63, 3.8) is 0 Å². The van der Waals surface area contributed by atoms with Crippen LogP contribution in [-0.4, -0.2) is 57.0 Å². The third kappa shape index (κ3) is 2.10. The summed E-state index contributed by atoms with van der Waals surface area (Å²) in [6.07, 6.45) is 3.43. The van der Waals surface area contributed by atoms with E-state index < -0.39 is 9.84 Å². The molecule has 0 radical (unpaired) electrons. The zero-order valence-corrected chi connectivity index (χ0v) is 9.60. The number of likely N-dealkylation sites (N-methyl/N-ethyl adjacent to an activating group) is 1. The van der Waals surface area contributed by atoms with E-state index in [-0.39, 0.29) is 11.3 Å². The van der Waals surface area contributed by atoms with E-state index >= 15 is 0 Å². The molecule has 82 valence electrons. The van der Waals surface area contributed by atoms with Gasteiger partial charge in [-0.2, -0.15) is 0 Å². The molecule has 0 spiro atoms. The van der Waals surface area contributed by atoms with Crippen LogP contribution in [-0.2, 0) is 9.84 Å². The lowest BCUT2D eigenvalue weighted by Crippen LogP contribution is -2.61. The van der Waals surface area contributed by atoms with Gasteiger partial charge in [0.2, 0.25) is 0 Å². The van der Waals surface area contributed by atoms with E-state index in [9.17, 15) is 8.42 Å². The summed E-state index contributed by atoms with van der Waals surface area (Å²) in [5.74, 6) is 0.279. The quantitative estimate of drug-likeness (QED) is 0.677. The second-order valence-corrected chi connectivity index (χ2v) is 7.07. The molecule has 2 atom stereocenters. The first-order valence-corrected chi connectivity index (χ1v) is 7.09. The Morgan fingerprint density at radius 2 is 2.29 bits per heavy atom. The molecule has 4 nitrogen and oxygen atoms in total. The summed E-state index contributed by atoms with van der Waals surface area (Å²) in [4.78, 5) is 2.24. The van der Waals surface area contributed by atoms with Gasteiger partial charge in [0.15, 0.2) is 0 Å². The Kier molecular flexibility index (Phi) is 2.36. The van der Waals surface area contributed by atoms with Crippen molar-refractivity contribution in [3.05, 3.63) is 0 Å². The molecule has 2 saturated heterocycles. The van der Waals surface area contributed by atoms with Crippen molar-refractivity contribution in [3.8, 4) is 0 Å². The molecule has 0 aromatic heterocycles. The average Bonchev–Trinajstić information content (AvgIpc) is 2.22. The van der Waals surface area contributed by atoms with E-state index in [1.165, 1.54) is 6.26 Å². The van der Waals surface area contributed by atoms with Gasteiger partial charge in [-0.15, -0.1) is 0 Å². The maximum atomic E-state index is 11.3. The van der Waals surface area contributed by atoms with Gasteiger partial charge in [0.05, 0.1) is 5.75 Å². The molecule has 0 amide bonds. The molecule has 2 aliphatic heterocycles. The molecule has 2 rings (SSSR count). The van der Waals surface area contributed by atoms with Crippen LogP contribution in [0.3, 0.4) is 0 Å². The van der Waals surface area contributed by atoms with Gasteiger partial charge in [0.1, 0.15) is 9.84 Å². The summed E-state index contributed by atoms with van der Waals surface area (Å²) >= 11 is 0. The van der Waals surface area contributed by atoms with Gasteiger partial charge >= 0.3 is 0 Å². The molecule has 1 N–H and O–H groups in total. The molecule has 2 fully saturated rings. The summed E-state index contributed by atoms with van der Waals surface area (Å²) in [7, 11) is -0.815. The van der Waals surface area contributed by atoms with Crippen molar-refractivity contribution in [2.75, 3.05) is 32.1 Å². The normalized spacial score (nSPS) is 38.9. The molecule has 0 saturated carbocycles. The summed E-state index contributed by atoms with van der Waals surface area (Å²) in [6.45, 7) is 1.90. The molecule has 14 heavy (non-hydrogen) atoms. The Morgan fingerprint density at radius 1 is 1.57 bits per heavy atom. The van der Waals surface area contributed by atoms with Crippen molar-refractivity contribution >= 4 is 9.84 Å². The minimum absolute atomic E-state index is 0.161. The summed E-state index contributed by atoms with van der Waals surface area (Å²) in [6, 6.07) is 0.496. The van der Waals surface area contributed by atoms with E-state index in [1.54, 1.807) is 0 Å². The maximum Gasteiger partial charge on any atom is 0.149 e. The van der Waals surface area contributed by atoms with Crippen LogP contribution in [0, 0.1) is 0 Å². The Bertz CT molecular complexity index is 328. The number of sulfone groups is 1. The third-order valence-corrected chi connectivity index (χ3v) is 4.20. The molecule has 2 bridgehead atoms. The second-order valence-electron chi connectivity index (χ2n) is 4.93. The van der Waals surface area contributed by atoms with E-state index in [0.717, 1.165) is 25.9 Å². The molecule has 0 aromatic rings. The van der Waals surface area contributed by atoms with Gasteiger partial charge in [0, 0.05) is 30.9 Å². The topological polar surface area (TPSA) is 49.4 Å². The number of hydrogen-bond donors (Lipinski definition) is 1. The Hall–Kier alpha value is -0.130. The van der Waals surface area contributed by atoms with Crippen LogP contribution in [0.15, 0.2) is 0 Å². The van der Waals surface area contributed by atoms with E-state index in [4.69, 9.17) is 0 Å². The molecule has 0 aromatic carbocycles. The number of rotatable bonds is 2. The van der Waals surface area contributed by atoms with Gasteiger partial charge in [-0.25, -0.2) is 8.42 Å². The zero-order chi connectivity index (χ0) is 10.4. The predicted molar refractivity (Wildman–Crippen MR) is 56.1 cm³/mol. The lowest BCUT2D eigenvalue weighted by Gasteiger charge is -2.39. The number of nitrogens with zero attached hydrogens (tertiary/aromatic N) is 1. The first-order chi connectivity index (χ1) is 6.39. The number of fused-ring (bicyclic) bond motifs is 2. The molecule has 5 heteroatoms. The number of likely N-dealkylation sites (tertiary alicyclic amines) is 1. The van der Waals surface area contributed by atoms with Gasteiger partial charge in [-0.1, -0.05) is 0 Å². The molecule has 0 aliphatic carbocycles. The van der Waals surface area contributed by atoms with Crippen LogP contribution < -0.4 is 5.32 Å². The van der Waals surface area contributed by atoms with E-state index in [0.29, 0.717) is 6.04 Å². The van der Waals surface area contributed by atoms with Crippen molar-refractivity contribution < 1.29 is 8.42 Å². The average molecular weight is 218 g/mol. The van der Waals surface area contributed by atoms with Gasteiger partial charge < -0.3 is 10.2 Å². The Labute approximate surface area is 85.6 Å². The highest BCUT2D eigenvalue weighted by Crippen LogP contribution is 2.30. The lowest BCUT2D eigenvalue weighted by molar-refractivity contribution is 0.181. The minimum Gasteiger partial charge on any atom is -0.305 e. The highest BCUT2D eigenvalue weighted by atomic mass is 32.2. The zero-order valence-electron chi connectivity index (χ0n) is 8.78. The standard InChI is InChI=1S/C9H18N2O2S/c1-11-5-8-3-4-9(6-11,10-8)7-14(2,12)13/h8,10H,3-7H2,1-2H3/t8-,9+/m1/s1. The number of nitrogens with one attached hydrogen (secondary N) is 1. The number of piperazine rings is 1. The van der Waals surface area contributed by atoms with Gasteiger partial charge in [-0.05, 0) is 19.9 Å². The summed E-state index contributed by atoms with van der Waals surface area (Å²) in [5.41, 5.74) is -0.161. The summed E-state index contributed by atoms with van der Waals surface area (Å²) in [5, 5.41) is 3.47. The Morgan fingerprint density at radius 3 is 2.93 bits per heavy atom. The van der Waals surface area contributed by atoms with Crippen LogP contribution in [0.5, 0.6) is 0 Å². The van der Waals surface area contributed by atoms with Crippen LogP contribution in [0.4, 0.5) is 0 Å². The summed E-state index contributed by atoms with van der Waals surface area (Å²) < 4.78 is 22.7. The smallest absolute Gasteiger partial charge is 0.149 e. The highest BCUT2D eigenvalue weighted by molar-refractivity contribution is 7.90. The first-order valence-electron chi connectivity index (χ1n) is 5.03. The predicted octanol–water partition coefficient (Wildman–Crippen LogP) is -0.533. The fraction of sp³-hybridized carbons (Fsp3) is 1.00. The van der Waals surface area contributed by atoms with Crippen LogP contribution in [0.1, 0.15) is 12.8 Å². The monoisotopic (exact) mass is 218 g/mol. The van der Waals surface area contributed by atoms with Crippen molar-refractivity contribution in [1.29, 1.82) is 0 Å². The van der Waals surface area contributed by atoms with Gasteiger partial charge in [-0.3, -0.25) is 0 Å². The minimum atomic E-state index is -2.88. The van der Waals surface area contributed by atoms with Crippen molar-refractivity contribution in [2.45, 2.75) is 24.4 Å². The maximum absolute atomic E-state index is 11.3. The highest BCUT2D eigenvalue weighted by Gasteiger charge is 2.45. The fourth-order valence-corrected chi connectivity index (χ4v) is 4.23. The lowest BCUT2D eigenvalue weighted by atomic mass is 10.00. The van der Waals surface area contributed by atoms with Crippen LogP contribution in [0.2, 0.25) is 0 Å². The molecule has 2 heterocycles. The van der Waals surface area contributed by atoms with Crippen LogP contribution in [0.25, 0.3) is 0 Å². The van der Waals surface area contributed by atoms with E-state index in [1.807, 2.05) is 0 Å². The Balaban J connectivity index is 2.15. The first kappa shape index (κ1) is 10.4. The molecular weight excluding hydrogens is 200 g/mol. The second kappa shape index (κ2) is 3.18. The molecule has 2 aliphatic rings.